The largest absolute Gasteiger partial charge is 0.416 e. The molecule has 1 amide bonds. The highest BCUT2D eigenvalue weighted by atomic mass is 32.2. The van der Waals surface area contributed by atoms with Crippen LogP contribution in [0, 0.1) is 0 Å². The molecule has 0 aliphatic heterocycles. The van der Waals surface area contributed by atoms with Gasteiger partial charge in [-0.3, -0.25) is 10.1 Å². The molecular formula is C13H10F3N3OS2. The predicted octanol–water partition coefficient (Wildman–Crippen LogP) is 4.09. The number of hydrogen-bond donors (Lipinski definition) is 1. The van der Waals surface area contributed by atoms with Gasteiger partial charge in [-0.25, -0.2) is 0 Å². The van der Waals surface area contributed by atoms with E-state index in [2.05, 4.69) is 22.1 Å². The monoisotopic (exact) mass is 345 g/mol. The number of thioether (sulfide) groups is 1. The van der Waals surface area contributed by atoms with Gasteiger partial charge in [-0.05, 0) is 24.3 Å². The van der Waals surface area contributed by atoms with Gasteiger partial charge in [-0.2, -0.15) is 13.2 Å². The topological polar surface area (TPSA) is 54.9 Å². The highest BCUT2D eigenvalue weighted by Gasteiger charge is 2.30. The molecule has 22 heavy (non-hydrogen) atoms. The average Bonchev–Trinajstić information content (AvgIpc) is 2.92. The molecule has 1 N–H and O–H groups in total. The molecule has 9 heteroatoms. The maximum absolute atomic E-state index is 12.4. The zero-order chi connectivity index (χ0) is 16.2. The Balaban J connectivity index is 2.02. The van der Waals surface area contributed by atoms with Crippen molar-refractivity contribution >= 4 is 34.1 Å². The lowest BCUT2D eigenvalue weighted by Crippen LogP contribution is -2.12. The van der Waals surface area contributed by atoms with Gasteiger partial charge < -0.3 is 0 Å². The SMILES string of the molecule is C=CCSc1nnc(NC(=O)c2ccc(C(F)(F)F)cc2)s1. The molecule has 0 aliphatic rings. The van der Waals surface area contributed by atoms with E-state index in [4.69, 9.17) is 0 Å². The fourth-order valence-electron chi connectivity index (χ4n) is 1.43. The number of nitrogens with one attached hydrogen (secondary N) is 1. The number of amides is 1. The minimum absolute atomic E-state index is 0.114. The molecule has 0 atom stereocenters. The number of carbonyl (C=O) groups excluding carboxylic acids is 1. The number of rotatable bonds is 5. The molecule has 1 aromatic carbocycles. The van der Waals surface area contributed by atoms with Crippen molar-refractivity contribution in [3.05, 3.63) is 48.0 Å². The highest BCUT2D eigenvalue weighted by molar-refractivity contribution is 8.01. The van der Waals surface area contributed by atoms with Crippen molar-refractivity contribution in [1.29, 1.82) is 0 Å². The van der Waals surface area contributed by atoms with Gasteiger partial charge >= 0.3 is 6.18 Å². The Labute approximate surface area is 132 Å². The molecule has 0 saturated carbocycles. The molecule has 116 valence electrons. The Bertz CT molecular complexity index is 668. The number of nitrogens with zero attached hydrogens (tertiary/aromatic N) is 2. The van der Waals surface area contributed by atoms with Gasteiger partial charge in [-0.1, -0.05) is 29.2 Å². The number of hydrogen-bond acceptors (Lipinski definition) is 5. The number of carbonyl (C=O) groups is 1. The molecule has 0 spiro atoms. The molecule has 0 aliphatic carbocycles. The normalized spacial score (nSPS) is 11.2. The van der Waals surface area contributed by atoms with E-state index in [0.29, 0.717) is 10.1 Å². The van der Waals surface area contributed by atoms with Crippen LogP contribution in [0.3, 0.4) is 0 Å². The first kappa shape index (κ1) is 16.5. The summed E-state index contributed by atoms with van der Waals surface area (Å²) in [6.07, 6.45) is -2.71. The second-order valence-electron chi connectivity index (χ2n) is 4.00. The Kier molecular flexibility index (Phi) is 5.19. The van der Waals surface area contributed by atoms with E-state index in [0.717, 1.165) is 24.3 Å². The van der Waals surface area contributed by atoms with Crippen molar-refractivity contribution in [3.63, 3.8) is 0 Å². The van der Waals surface area contributed by atoms with E-state index >= 15 is 0 Å². The van der Waals surface area contributed by atoms with E-state index in [-0.39, 0.29) is 10.7 Å². The first-order chi connectivity index (χ1) is 10.4. The van der Waals surface area contributed by atoms with Gasteiger partial charge in [0.1, 0.15) is 0 Å². The molecule has 2 rings (SSSR count). The molecule has 0 radical (unpaired) electrons. The summed E-state index contributed by atoms with van der Waals surface area (Å²) in [7, 11) is 0. The fraction of sp³-hybridized carbons (Fsp3) is 0.154. The zero-order valence-corrected chi connectivity index (χ0v) is 12.7. The summed E-state index contributed by atoms with van der Waals surface area (Å²) in [6.45, 7) is 3.58. The van der Waals surface area contributed by atoms with E-state index in [9.17, 15) is 18.0 Å². The van der Waals surface area contributed by atoms with Crippen LogP contribution < -0.4 is 5.32 Å². The summed E-state index contributed by atoms with van der Waals surface area (Å²) >= 11 is 2.60. The third kappa shape index (κ3) is 4.31. The highest BCUT2D eigenvalue weighted by Crippen LogP contribution is 2.29. The van der Waals surface area contributed by atoms with Crippen LogP contribution in [0.25, 0.3) is 0 Å². The van der Waals surface area contributed by atoms with Crippen LogP contribution in [0.5, 0.6) is 0 Å². The summed E-state index contributed by atoms with van der Waals surface area (Å²) in [5.74, 6) is 0.131. The second-order valence-corrected chi connectivity index (χ2v) is 6.25. The van der Waals surface area contributed by atoms with Crippen LogP contribution in [0.1, 0.15) is 15.9 Å². The molecule has 0 unspecified atom stereocenters. The van der Waals surface area contributed by atoms with Crippen molar-refractivity contribution in [2.45, 2.75) is 10.5 Å². The van der Waals surface area contributed by atoms with Crippen LogP contribution in [-0.4, -0.2) is 21.9 Å². The maximum Gasteiger partial charge on any atom is 0.416 e. The standard InChI is InChI=1S/C13H10F3N3OS2/c1-2-7-21-12-19-18-11(22-12)17-10(20)8-3-5-9(6-4-8)13(14,15)16/h2-6H,1,7H2,(H,17,18,20). The summed E-state index contributed by atoms with van der Waals surface area (Å²) in [5.41, 5.74) is -0.688. The molecule has 4 nitrogen and oxygen atoms in total. The fourth-order valence-corrected chi connectivity index (χ4v) is 2.94. The van der Waals surface area contributed by atoms with Gasteiger partial charge in [0, 0.05) is 11.3 Å². The zero-order valence-electron chi connectivity index (χ0n) is 11.1. The first-order valence-corrected chi connectivity index (χ1v) is 7.76. The van der Waals surface area contributed by atoms with E-state index in [1.54, 1.807) is 6.08 Å². The molecule has 0 bridgehead atoms. The van der Waals surface area contributed by atoms with Gasteiger partial charge in [0.2, 0.25) is 5.13 Å². The van der Waals surface area contributed by atoms with Gasteiger partial charge in [0.15, 0.2) is 4.34 Å². The average molecular weight is 345 g/mol. The van der Waals surface area contributed by atoms with Crippen LogP contribution in [0.15, 0.2) is 41.3 Å². The quantitative estimate of drug-likeness (QED) is 0.504. The van der Waals surface area contributed by atoms with Crippen molar-refractivity contribution in [2.75, 3.05) is 11.1 Å². The van der Waals surface area contributed by atoms with Crippen LogP contribution in [0.4, 0.5) is 18.3 Å². The molecule has 1 heterocycles. The van der Waals surface area contributed by atoms with E-state index in [1.807, 2.05) is 0 Å². The van der Waals surface area contributed by atoms with Crippen LogP contribution in [-0.2, 0) is 6.18 Å². The third-order valence-electron chi connectivity index (χ3n) is 2.43. The van der Waals surface area contributed by atoms with Gasteiger partial charge in [0.25, 0.3) is 5.91 Å². The van der Waals surface area contributed by atoms with Crippen LogP contribution >= 0.6 is 23.1 Å². The Hall–Kier alpha value is -1.87. The number of alkyl halides is 3. The van der Waals surface area contributed by atoms with E-state index < -0.39 is 17.6 Å². The maximum atomic E-state index is 12.4. The molecule has 0 fully saturated rings. The lowest BCUT2D eigenvalue weighted by atomic mass is 10.1. The Morgan fingerprint density at radius 1 is 1.32 bits per heavy atom. The first-order valence-electron chi connectivity index (χ1n) is 5.96. The number of benzene rings is 1. The lowest BCUT2D eigenvalue weighted by Gasteiger charge is -2.07. The van der Waals surface area contributed by atoms with Crippen LogP contribution in [0.2, 0.25) is 0 Å². The minimum Gasteiger partial charge on any atom is -0.296 e. The second kappa shape index (κ2) is 6.93. The summed E-state index contributed by atoms with van der Waals surface area (Å²) in [5, 5.41) is 10.4. The Morgan fingerprint density at radius 3 is 2.59 bits per heavy atom. The minimum atomic E-state index is -4.43. The number of halogens is 3. The Morgan fingerprint density at radius 2 is 2.00 bits per heavy atom. The third-order valence-corrected chi connectivity index (χ3v) is 4.39. The summed E-state index contributed by atoms with van der Waals surface area (Å²) in [4.78, 5) is 11.9. The van der Waals surface area contributed by atoms with Gasteiger partial charge in [0.05, 0.1) is 5.56 Å². The van der Waals surface area contributed by atoms with Crippen molar-refractivity contribution in [1.82, 2.24) is 10.2 Å². The van der Waals surface area contributed by atoms with Gasteiger partial charge in [-0.15, -0.1) is 16.8 Å². The molecule has 0 saturated heterocycles. The summed E-state index contributed by atoms with van der Waals surface area (Å²) in [6, 6.07) is 3.96. The molecule has 2 aromatic rings. The number of aromatic nitrogens is 2. The summed E-state index contributed by atoms with van der Waals surface area (Å²) < 4.78 is 38.0. The van der Waals surface area contributed by atoms with E-state index in [1.165, 1.54) is 23.1 Å². The predicted molar refractivity (Wildman–Crippen MR) is 80.2 cm³/mol. The lowest BCUT2D eigenvalue weighted by molar-refractivity contribution is -0.137. The molecule has 1 aromatic heterocycles. The van der Waals surface area contributed by atoms with Crippen molar-refractivity contribution in [3.8, 4) is 0 Å². The number of anilines is 1. The smallest absolute Gasteiger partial charge is 0.296 e. The van der Waals surface area contributed by atoms with Crippen molar-refractivity contribution in [2.24, 2.45) is 0 Å². The van der Waals surface area contributed by atoms with Crippen molar-refractivity contribution < 1.29 is 18.0 Å². The molecular weight excluding hydrogens is 335 g/mol.